The number of rotatable bonds is 1. The van der Waals surface area contributed by atoms with Crippen molar-refractivity contribution in [3.05, 3.63) is 35.8 Å². The second-order valence-electron chi connectivity index (χ2n) is 5.71. The van der Waals surface area contributed by atoms with Crippen molar-refractivity contribution < 1.29 is 0 Å². The SMILES string of the molecule is CC.CC(C)c1cccc2nc(C(C)(C)C)cn12. The molecule has 0 saturated carbocycles. The van der Waals surface area contributed by atoms with Gasteiger partial charge in [0.2, 0.25) is 0 Å². The fraction of sp³-hybridized carbons (Fsp3) is 0.562. The van der Waals surface area contributed by atoms with Gasteiger partial charge in [-0.15, -0.1) is 0 Å². The average Bonchev–Trinajstić information content (AvgIpc) is 2.74. The summed E-state index contributed by atoms with van der Waals surface area (Å²) in [7, 11) is 0. The molecule has 0 N–H and O–H groups in total. The minimum atomic E-state index is 0.111. The zero-order valence-electron chi connectivity index (χ0n) is 12.8. The van der Waals surface area contributed by atoms with E-state index in [0.717, 1.165) is 11.3 Å². The minimum Gasteiger partial charge on any atom is -0.304 e. The zero-order valence-corrected chi connectivity index (χ0v) is 12.8. The van der Waals surface area contributed by atoms with Crippen molar-refractivity contribution >= 4 is 5.65 Å². The molecule has 2 nitrogen and oxygen atoms in total. The van der Waals surface area contributed by atoms with Crippen LogP contribution in [0.2, 0.25) is 0 Å². The van der Waals surface area contributed by atoms with Crippen LogP contribution in [0.4, 0.5) is 0 Å². The van der Waals surface area contributed by atoms with Gasteiger partial charge in [0.1, 0.15) is 5.65 Å². The number of hydrogen-bond acceptors (Lipinski definition) is 1. The maximum Gasteiger partial charge on any atom is 0.137 e. The van der Waals surface area contributed by atoms with Crippen LogP contribution in [0.15, 0.2) is 24.4 Å². The van der Waals surface area contributed by atoms with Gasteiger partial charge in [0.25, 0.3) is 0 Å². The molecule has 0 atom stereocenters. The largest absolute Gasteiger partial charge is 0.304 e. The van der Waals surface area contributed by atoms with E-state index >= 15 is 0 Å². The van der Waals surface area contributed by atoms with Crippen LogP contribution in [0.5, 0.6) is 0 Å². The zero-order chi connectivity index (χ0) is 13.9. The van der Waals surface area contributed by atoms with Crippen LogP contribution in [0.1, 0.15) is 65.8 Å². The maximum absolute atomic E-state index is 4.69. The van der Waals surface area contributed by atoms with E-state index in [9.17, 15) is 0 Å². The van der Waals surface area contributed by atoms with Crippen molar-refractivity contribution in [3.63, 3.8) is 0 Å². The van der Waals surface area contributed by atoms with Crippen molar-refractivity contribution in [2.45, 2.75) is 59.8 Å². The summed E-state index contributed by atoms with van der Waals surface area (Å²) in [6, 6.07) is 6.33. The number of fused-ring (bicyclic) bond motifs is 1. The van der Waals surface area contributed by atoms with Crippen molar-refractivity contribution in [1.82, 2.24) is 9.38 Å². The minimum absolute atomic E-state index is 0.111. The normalized spacial score (nSPS) is 11.6. The van der Waals surface area contributed by atoms with Gasteiger partial charge in [0, 0.05) is 17.3 Å². The van der Waals surface area contributed by atoms with Crippen LogP contribution in [0.25, 0.3) is 5.65 Å². The van der Waals surface area contributed by atoms with E-state index < -0.39 is 0 Å². The summed E-state index contributed by atoms with van der Waals surface area (Å²) in [6.45, 7) is 15.0. The van der Waals surface area contributed by atoms with E-state index in [1.54, 1.807) is 0 Å². The second kappa shape index (κ2) is 5.55. The smallest absolute Gasteiger partial charge is 0.137 e. The van der Waals surface area contributed by atoms with Crippen LogP contribution >= 0.6 is 0 Å². The molecule has 2 heterocycles. The molecular weight excluding hydrogens is 220 g/mol. The molecule has 0 bridgehead atoms. The molecule has 2 aromatic heterocycles. The first-order valence-corrected chi connectivity index (χ1v) is 6.88. The van der Waals surface area contributed by atoms with Crippen molar-refractivity contribution in [2.75, 3.05) is 0 Å². The first kappa shape index (κ1) is 14.7. The third-order valence-corrected chi connectivity index (χ3v) is 2.88. The summed E-state index contributed by atoms with van der Waals surface area (Å²) < 4.78 is 2.21. The lowest BCUT2D eigenvalue weighted by molar-refractivity contribution is 0.572. The molecule has 0 fully saturated rings. The Kier molecular flexibility index (Phi) is 4.55. The molecule has 0 spiro atoms. The third kappa shape index (κ3) is 2.92. The Bertz CT molecular complexity index is 501. The van der Waals surface area contributed by atoms with E-state index in [2.05, 4.69) is 68.4 Å². The molecule has 0 unspecified atom stereocenters. The quantitative estimate of drug-likeness (QED) is 0.707. The van der Waals surface area contributed by atoms with Gasteiger partial charge in [-0.3, -0.25) is 0 Å². The summed E-state index contributed by atoms with van der Waals surface area (Å²) in [5, 5.41) is 0. The van der Waals surface area contributed by atoms with Gasteiger partial charge < -0.3 is 4.40 Å². The Morgan fingerprint density at radius 3 is 2.22 bits per heavy atom. The Morgan fingerprint density at radius 2 is 1.72 bits per heavy atom. The first-order valence-electron chi connectivity index (χ1n) is 6.88. The lowest BCUT2D eigenvalue weighted by Crippen LogP contribution is -2.11. The molecule has 0 aliphatic heterocycles. The fourth-order valence-electron chi connectivity index (χ4n) is 1.86. The van der Waals surface area contributed by atoms with Crippen LogP contribution in [0.3, 0.4) is 0 Å². The number of hydrogen-bond donors (Lipinski definition) is 0. The van der Waals surface area contributed by atoms with Crippen LogP contribution in [0, 0.1) is 0 Å². The summed E-state index contributed by atoms with van der Waals surface area (Å²) in [6.07, 6.45) is 2.17. The van der Waals surface area contributed by atoms with E-state index in [-0.39, 0.29) is 5.41 Å². The molecule has 100 valence electrons. The molecule has 18 heavy (non-hydrogen) atoms. The molecule has 0 amide bonds. The highest BCUT2D eigenvalue weighted by molar-refractivity contribution is 5.43. The molecule has 0 saturated heterocycles. The standard InChI is InChI=1S/C14H20N2.C2H6/c1-10(2)11-7-6-8-13-15-12(9-16(11)13)14(3,4)5;1-2/h6-10H,1-5H3;1-2H3. The highest BCUT2D eigenvalue weighted by Gasteiger charge is 2.18. The third-order valence-electron chi connectivity index (χ3n) is 2.88. The Morgan fingerprint density at radius 1 is 1.11 bits per heavy atom. The molecule has 2 rings (SSSR count). The molecule has 0 radical (unpaired) electrons. The Balaban J connectivity index is 0.000000771. The van der Waals surface area contributed by atoms with Crippen LogP contribution < -0.4 is 0 Å². The predicted molar refractivity (Wildman–Crippen MR) is 79.3 cm³/mol. The number of imidazole rings is 1. The van der Waals surface area contributed by atoms with Gasteiger partial charge in [0.05, 0.1) is 5.69 Å². The molecule has 0 aliphatic carbocycles. The molecular formula is C16H26N2. The number of pyridine rings is 1. The van der Waals surface area contributed by atoms with E-state index in [0.29, 0.717) is 5.92 Å². The average molecular weight is 246 g/mol. The predicted octanol–water partition coefficient (Wildman–Crippen LogP) is 4.78. The molecule has 2 aromatic rings. The van der Waals surface area contributed by atoms with Gasteiger partial charge in [-0.2, -0.15) is 0 Å². The number of aromatic nitrogens is 2. The molecule has 2 heteroatoms. The van der Waals surface area contributed by atoms with Gasteiger partial charge in [-0.25, -0.2) is 4.98 Å². The number of nitrogens with zero attached hydrogens (tertiary/aromatic N) is 2. The van der Waals surface area contributed by atoms with Gasteiger partial charge in [0.15, 0.2) is 0 Å². The van der Waals surface area contributed by atoms with E-state index in [1.165, 1.54) is 5.69 Å². The fourth-order valence-corrected chi connectivity index (χ4v) is 1.86. The van der Waals surface area contributed by atoms with Crippen molar-refractivity contribution in [3.8, 4) is 0 Å². The van der Waals surface area contributed by atoms with E-state index in [4.69, 9.17) is 0 Å². The summed E-state index contributed by atoms with van der Waals surface area (Å²) in [5.74, 6) is 0.519. The van der Waals surface area contributed by atoms with Gasteiger partial charge in [-0.1, -0.05) is 54.5 Å². The molecule has 0 aromatic carbocycles. The highest BCUT2D eigenvalue weighted by atomic mass is 15.0. The van der Waals surface area contributed by atoms with Crippen molar-refractivity contribution in [2.24, 2.45) is 0 Å². The maximum atomic E-state index is 4.69. The summed E-state index contributed by atoms with van der Waals surface area (Å²) >= 11 is 0. The summed E-state index contributed by atoms with van der Waals surface area (Å²) in [5.41, 5.74) is 3.64. The monoisotopic (exact) mass is 246 g/mol. The van der Waals surface area contributed by atoms with Crippen LogP contribution in [-0.2, 0) is 5.41 Å². The van der Waals surface area contributed by atoms with Gasteiger partial charge >= 0.3 is 0 Å². The Labute approximate surface area is 111 Å². The summed E-state index contributed by atoms with van der Waals surface area (Å²) in [4.78, 5) is 4.69. The van der Waals surface area contributed by atoms with Crippen molar-refractivity contribution in [1.29, 1.82) is 0 Å². The van der Waals surface area contributed by atoms with E-state index in [1.807, 2.05) is 13.8 Å². The lowest BCUT2D eigenvalue weighted by Gasteiger charge is -2.14. The topological polar surface area (TPSA) is 17.3 Å². The Hall–Kier alpha value is -1.31. The highest BCUT2D eigenvalue weighted by Crippen LogP contribution is 2.24. The molecule has 0 aliphatic rings. The van der Waals surface area contributed by atoms with Crippen LogP contribution in [-0.4, -0.2) is 9.38 Å². The second-order valence-corrected chi connectivity index (χ2v) is 5.71. The van der Waals surface area contributed by atoms with Gasteiger partial charge in [-0.05, 0) is 18.1 Å². The first-order chi connectivity index (χ1) is 8.39. The lowest BCUT2D eigenvalue weighted by atomic mass is 9.93.